The van der Waals surface area contributed by atoms with Crippen molar-refractivity contribution in [3.8, 4) is 101 Å². The molecule has 0 saturated heterocycles. The Kier molecular flexibility index (Phi) is 18.8. The lowest BCUT2D eigenvalue weighted by Gasteiger charge is -2.14. The van der Waals surface area contributed by atoms with Crippen LogP contribution in [0, 0.1) is 0 Å². The van der Waals surface area contributed by atoms with Gasteiger partial charge in [-0.15, -0.1) is 0 Å². The highest BCUT2D eigenvalue weighted by atomic mass is 15.0. The minimum absolute atomic E-state index is 1.15. The fourth-order valence-electron chi connectivity index (χ4n) is 20.7. The quantitative estimate of drug-likeness (QED) is 0.117. The topological polar surface area (TPSA) is 29.6 Å². The third-order valence-corrected chi connectivity index (χ3v) is 26.7. The van der Waals surface area contributed by atoms with E-state index >= 15 is 0 Å². The van der Waals surface area contributed by atoms with Gasteiger partial charge in [0.1, 0.15) is 0 Å². The molecule has 27 rings (SSSR count). The Balaban J connectivity index is 0.000000107. The van der Waals surface area contributed by atoms with Gasteiger partial charge in [0.05, 0.1) is 66.2 Å². The molecule has 0 spiro atoms. The molecule has 27 aromatic rings. The molecular formula is C126H84N6. The van der Waals surface area contributed by atoms with Crippen molar-refractivity contribution in [1.29, 1.82) is 0 Å². The highest BCUT2D eigenvalue weighted by molar-refractivity contribution is 6.17. The van der Waals surface area contributed by atoms with Crippen molar-refractivity contribution in [2.45, 2.75) is 0 Å². The van der Waals surface area contributed by atoms with E-state index in [9.17, 15) is 0 Å². The predicted molar refractivity (Wildman–Crippen MR) is 558 cm³/mol. The third-order valence-electron chi connectivity index (χ3n) is 26.7. The van der Waals surface area contributed by atoms with Crippen molar-refractivity contribution in [2.24, 2.45) is 0 Å². The largest absolute Gasteiger partial charge is 0.309 e. The molecule has 6 heterocycles. The Bertz CT molecular complexity index is 8900. The number of rotatable bonds is 12. The molecule has 0 fully saturated rings. The lowest BCUT2D eigenvalue weighted by molar-refractivity contribution is 1.18. The zero-order valence-corrected chi connectivity index (χ0v) is 72.2. The molecule has 6 heteroatoms. The second kappa shape index (κ2) is 32.4. The van der Waals surface area contributed by atoms with Crippen LogP contribution in [0.5, 0.6) is 0 Å². The van der Waals surface area contributed by atoms with Gasteiger partial charge >= 0.3 is 0 Å². The second-order valence-corrected chi connectivity index (χ2v) is 34.3. The van der Waals surface area contributed by atoms with Crippen LogP contribution in [0.25, 0.3) is 232 Å². The van der Waals surface area contributed by atoms with Gasteiger partial charge in [-0.2, -0.15) is 0 Å². The van der Waals surface area contributed by atoms with Gasteiger partial charge in [-0.25, -0.2) is 0 Å². The molecule has 21 aromatic carbocycles. The molecule has 132 heavy (non-hydrogen) atoms. The van der Waals surface area contributed by atoms with Crippen LogP contribution in [0.4, 0.5) is 0 Å². The molecule has 0 aliphatic carbocycles. The summed E-state index contributed by atoms with van der Waals surface area (Å²) in [7, 11) is 0. The molecule has 0 bridgehead atoms. The Labute approximate surface area is 763 Å². The summed E-state index contributed by atoms with van der Waals surface area (Å²) >= 11 is 0. The molecule has 0 aliphatic rings. The van der Waals surface area contributed by atoms with E-state index < -0.39 is 0 Å². The predicted octanol–water partition coefficient (Wildman–Crippen LogP) is 33.6. The fraction of sp³-hybridized carbons (Fsp3) is 0. The summed E-state index contributed by atoms with van der Waals surface area (Å²) in [6.07, 6.45) is 0. The molecule has 0 aliphatic heterocycles. The second-order valence-electron chi connectivity index (χ2n) is 34.3. The number of benzene rings is 21. The van der Waals surface area contributed by atoms with E-state index in [1.807, 2.05) is 0 Å². The van der Waals surface area contributed by atoms with Crippen LogP contribution in [0.3, 0.4) is 0 Å². The van der Waals surface area contributed by atoms with Crippen molar-refractivity contribution in [3.05, 3.63) is 510 Å². The summed E-state index contributed by atoms with van der Waals surface area (Å²) in [5, 5.41) is 15.2. The number of nitrogens with zero attached hydrogens (tertiary/aromatic N) is 6. The van der Waals surface area contributed by atoms with E-state index in [0.29, 0.717) is 0 Å². The molecular weight excluding hydrogens is 1600 g/mol. The summed E-state index contributed by atoms with van der Waals surface area (Å²) in [4.78, 5) is 0. The fourth-order valence-corrected chi connectivity index (χ4v) is 20.7. The summed E-state index contributed by atoms with van der Waals surface area (Å²) in [6, 6.07) is 184. The van der Waals surface area contributed by atoms with Crippen molar-refractivity contribution in [3.63, 3.8) is 0 Å². The number of fused-ring (bicyclic) bond motifs is 18. The van der Waals surface area contributed by atoms with Gasteiger partial charge in [0, 0.05) is 98.8 Å². The zero-order valence-electron chi connectivity index (χ0n) is 72.2. The smallest absolute Gasteiger partial charge is 0.0541 e. The molecule has 618 valence electrons. The van der Waals surface area contributed by atoms with Crippen LogP contribution in [0.2, 0.25) is 0 Å². The maximum atomic E-state index is 2.43. The first-order chi connectivity index (χ1) is 65.5. The molecule has 6 nitrogen and oxygen atoms in total. The summed E-state index contributed by atoms with van der Waals surface area (Å²) < 4.78 is 14.3. The van der Waals surface area contributed by atoms with Crippen LogP contribution < -0.4 is 0 Å². The highest BCUT2D eigenvalue weighted by Crippen LogP contribution is 2.45. The standard InChI is InChI=1S/C48H32N2.C42H28N2.C36H24N2/c1-4-14-33(15-5-1)37-28-38(34-16-6-2-7-17-34)30-40(29-37)50-46-23-13-11-21-42(46)44-32-36(25-27-48(44)50)35-24-26-47-43(31-35)41-20-10-12-22-45(41)49(47)39-18-8-3-9-19-39;1-3-12-29(13-4-1)30-14-11-17-34(26-30)44-40-21-10-8-19-36(40)38-28-32(23-25-42(38)44)31-22-24-41-37(27-31)35-18-7-9-20-39(35)43(41)33-15-5-2-6-16-33;1-3-11-27(12-4-1)37-33-17-9-7-15-29(33)31-23-25(19-21-35(31)37)26-20-22-36-32(24-26)30-16-8-10-18-34(30)38(36)28-13-5-2-6-14-28/h1-32H;1-28H;1-24H. The maximum absolute atomic E-state index is 2.43. The Morgan fingerprint density at radius 2 is 0.250 bits per heavy atom. The Hall–Kier alpha value is -17.6. The van der Waals surface area contributed by atoms with Crippen LogP contribution in [0.15, 0.2) is 510 Å². The number of hydrogen-bond donors (Lipinski definition) is 0. The molecule has 0 saturated carbocycles. The van der Waals surface area contributed by atoms with E-state index in [0.717, 1.165) is 5.69 Å². The minimum atomic E-state index is 1.15. The molecule has 6 aromatic heterocycles. The zero-order chi connectivity index (χ0) is 87.1. The van der Waals surface area contributed by atoms with Crippen LogP contribution in [0.1, 0.15) is 0 Å². The molecule has 0 amide bonds. The van der Waals surface area contributed by atoms with E-state index in [4.69, 9.17) is 0 Å². The normalized spacial score (nSPS) is 11.6. The maximum Gasteiger partial charge on any atom is 0.0541 e. The van der Waals surface area contributed by atoms with Crippen molar-refractivity contribution >= 4 is 131 Å². The monoisotopic (exact) mass is 1680 g/mol. The minimum Gasteiger partial charge on any atom is -0.309 e. The van der Waals surface area contributed by atoms with Gasteiger partial charge < -0.3 is 27.4 Å². The lowest BCUT2D eigenvalue weighted by Crippen LogP contribution is -1.96. The average molecular weight is 1680 g/mol. The SMILES string of the molecule is c1ccc(-c2cc(-c3ccccc3)cc(-n3c4ccccc4c4cc(-c5ccc6c(c5)c5ccccc5n6-c5ccccc5)ccc43)c2)cc1.c1ccc(-c2cccc(-n3c4ccccc4c4cc(-c5ccc6c(c5)c5ccccc5n6-c5ccccc5)ccc43)c2)cc1.c1ccc(-n2c3ccccc3c3cc(-c4ccc5c(c4)c4ccccc4n5-c4ccccc4)ccc32)cc1. The van der Waals surface area contributed by atoms with Crippen molar-refractivity contribution in [2.75, 3.05) is 0 Å². The van der Waals surface area contributed by atoms with E-state index in [1.54, 1.807) is 0 Å². The van der Waals surface area contributed by atoms with Crippen molar-refractivity contribution < 1.29 is 0 Å². The van der Waals surface area contributed by atoms with Gasteiger partial charge in [-0.05, 0) is 255 Å². The van der Waals surface area contributed by atoms with Crippen LogP contribution >= 0.6 is 0 Å². The van der Waals surface area contributed by atoms with Gasteiger partial charge in [0.25, 0.3) is 0 Å². The van der Waals surface area contributed by atoms with E-state index in [2.05, 4.69) is 537 Å². The van der Waals surface area contributed by atoms with Gasteiger partial charge in [0.2, 0.25) is 0 Å². The lowest BCUT2D eigenvalue weighted by atomic mass is 9.98. The van der Waals surface area contributed by atoms with Crippen LogP contribution in [-0.2, 0) is 0 Å². The molecule has 0 unspecified atom stereocenters. The summed E-state index contributed by atoms with van der Waals surface area (Å²) in [5.74, 6) is 0. The first kappa shape index (κ1) is 76.8. The third kappa shape index (κ3) is 13.3. The van der Waals surface area contributed by atoms with Gasteiger partial charge in [0.15, 0.2) is 0 Å². The Morgan fingerprint density at radius 3 is 0.500 bits per heavy atom. The summed E-state index contributed by atoms with van der Waals surface area (Å²) in [6.45, 7) is 0. The number of aromatic nitrogens is 6. The highest BCUT2D eigenvalue weighted by Gasteiger charge is 2.23. The van der Waals surface area contributed by atoms with E-state index in [-0.39, 0.29) is 0 Å². The van der Waals surface area contributed by atoms with Gasteiger partial charge in [-0.1, -0.05) is 322 Å². The molecule has 0 atom stereocenters. The summed E-state index contributed by atoms with van der Waals surface area (Å²) in [5.41, 5.74) is 36.2. The first-order valence-corrected chi connectivity index (χ1v) is 45.3. The molecule has 0 radical (unpaired) electrons. The van der Waals surface area contributed by atoms with E-state index in [1.165, 1.54) is 226 Å². The molecule has 0 N–H and O–H groups in total. The van der Waals surface area contributed by atoms with Gasteiger partial charge in [-0.3, -0.25) is 0 Å². The number of hydrogen-bond acceptors (Lipinski definition) is 0. The average Bonchev–Trinajstić information content (AvgIpc) is 1.59. The first-order valence-electron chi connectivity index (χ1n) is 45.3. The van der Waals surface area contributed by atoms with Crippen molar-refractivity contribution in [1.82, 2.24) is 27.4 Å². The number of para-hydroxylation sites is 10. The van der Waals surface area contributed by atoms with Crippen LogP contribution in [-0.4, -0.2) is 27.4 Å². The Morgan fingerprint density at radius 1 is 0.0833 bits per heavy atom.